The summed E-state index contributed by atoms with van der Waals surface area (Å²) in [6.45, 7) is 1.01. The molecule has 1 aliphatic rings. The maximum Gasteiger partial charge on any atom is 0.416 e. The quantitative estimate of drug-likeness (QED) is 0.503. The summed E-state index contributed by atoms with van der Waals surface area (Å²) in [7, 11) is 0. The number of carbonyl (C=O) groups excluding carboxylic acids is 1. The number of carbonyl (C=O) groups is 1. The maximum atomic E-state index is 12.9. The number of alkyl halides is 3. The van der Waals surface area contributed by atoms with Crippen molar-refractivity contribution in [3.8, 4) is 0 Å². The summed E-state index contributed by atoms with van der Waals surface area (Å²) >= 11 is 7.63. The first-order chi connectivity index (χ1) is 13.8. The number of hydrogen-bond acceptors (Lipinski definition) is 3. The number of halogens is 4. The zero-order chi connectivity index (χ0) is 20.6. The number of urea groups is 1. The van der Waals surface area contributed by atoms with E-state index in [1.165, 1.54) is 0 Å². The molecule has 29 heavy (non-hydrogen) atoms. The van der Waals surface area contributed by atoms with Gasteiger partial charge in [0.2, 0.25) is 0 Å². The summed E-state index contributed by atoms with van der Waals surface area (Å²) in [6.07, 6.45) is -2.99. The number of nitrogens with zero attached hydrogens (tertiary/aromatic N) is 2. The lowest BCUT2D eigenvalue weighted by molar-refractivity contribution is -0.137. The lowest BCUT2D eigenvalue weighted by atomic mass is 9.98. The molecular formula is C20H17ClF3N3OS. The average Bonchev–Trinajstić information content (AvgIpc) is 3.13. The number of fused-ring (bicyclic) bond motifs is 1. The summed E-state index contributed by atoms with van der Waals surface area (Å²) in [6, 6.07) is 10.4. The molecule has 152 valence electrons. The average molecular weight is 440 g/mol. The van der Waals surface area contributed by atoms with Crippen LogP contribution in [0.1, 0.15) is 29.3 Å². The zero-order valence-corrected chi connectivity index (χ0v) is 16.7. The van der Waals surface area contributed by atoms with E-state index in [4.69, 9.17) is 16.6 Å². The fraction of sp³-hybridized carbons (Fsp3) is 0.300. The molecule has 4 rings (SSSR count). The van der Waals surface area contributed by atoms with Gasteiger partial charge in [0.15, 0.2) is 0 Å². The molecule has 0 aliphatic carbocycles. The van der Waals surface area contributed by atoms with Crippen LogP contribution in [-0.2, 0) is 6.18 Å². The minimum absolute atomic E-state index is 0.0419. The van der Waals surface area contributed by atoms with Gasteiger partial charge in [0, 0.05) is 19.0 Å². The van der Waals surface area contributed by atoms with Crippen LogP contribution in [0.15, 0.2) is 42.5 Å². The van der Waals surface area contributed by atoms with Crippen LogP contribution in [0.25, 0.3) is 10.2 Å². The molecule has 3 aromatic rings. The standard InChI is InChI=1S/C20H17ClF3N3OS/c21-14-6-5-13(20(22,23)24)11-16(14)26-19(28)27-9-7-12(8-10-27)18-25-15-3-1-2-4-17(15)29-18/h1-6,11-12H,7-10H2,(H,26,28). The normalized spacial score (nSPS) is 15.7. The number of piperidine rings is 1. The van der Waals surface area contributed by atoms with Crippen molar-refractivity contribution in [1.29, 1.82) is 0 Å². The van der Waals surface area contributed by atoms with Gasteiger partial charge in [-0.15, -0.1) is 11.3 Å². The van der Waals surface area contributed by atoms with Gasteiger partial charge in [0.05, 0.1) is 31.5 Å². The van der Waals surface area contributed by atoms with E-state index in [2.05, 4.69) is 5.32 Å². The Morgan fingerprint density at radius 3 is 2.59 bits per heavy atom. The van der Waals surface area contributed by atoms with E-state index in [-0.39, 0.29) is 16.6 Å². The van der Waals surface area contributed by atoms with Crippen molar-refractivity contribution in [3.63, 3.8) is 0 Å². The predicted molar refractivity (Wildman–Crippen MR) is 109 cm³/mol. The molecule has 0 atom stereocenters. The second-order valence-electron chi connectivity index (χ2n) is 6.90. The molecule has 2 aromatic carbocycles. The molecule has 0 saturated carbocycles. The highest BCUT2D eigenvalue weighted by Gasteiger charge is 2.31. The molecule has 2 amide bonds. The Kier molecular flexibility index (Phi) is 5.40. The van der Waals surface area contributed by atoms with Gasteiger partial charge in [-0.3, -0.25) is 0 Å². The third-order valence-corrected chi connectivity index (χ3v) is 6.51. The van der Waals surface area contributed by atoms with E-state index in [1.54, 1.807) is 16.2 Å². The van der Waals surface area contributed by atoms with Gasteiger partial charge in [-0.25, -0.2) is 9.78 Å². The highest BCUT2D eigenvalue weighted by Crippen LogP contribution is 2.35. The van der Waals surface area contributed by atoms with Crippen molar-refractivity contribution in [2.45, 2.75) is 24.9 Å². The van der Waals surface area contributed by atoms with Crippen LogP contribution in [0.4, 0.5) is 23.7 Å². The van der Waals surface area contributed by atoms with Crippen molar-refractivity contribution in [3.05, 3.63) is 58.1 Å². The molecule has 1 N–H and O–H groups in total. The Balaban J connectivity index is 1.40. The van der Waals surface area contributed by atoms with Gasteiger partial charge in [-0.1, -0.05) is 23.7 Å². The first-order valence-corrected chi connectivity index (χ1v) is 10.3. The van der Waals surface area contributed by atoms with Gasteiger partial charge < -0.3 is 10.2 Å². The molecule has 1 aliphatic heterocycles. The monoisotopic (exact) mass is 439 g/mol. The Labute approximate surface area is 174 Å². The van der Waals surface area contributed by atoms with Gasteiger partial charge in [0.25, 0.3) is 0 Å². The molecule has 0 bridgehead atoms. The van der Waals surface area contributed by atoms with E-state index < -0.39 is 17.8 Å². The third-order valence-electron chi connectivity index (χ3n) is 4.98. The number of rotatable bonds is 2. The number of anilines is 1. The van der Waals surface area contributed by atoms with Crippen molar-refractivity contribution < 1.29 is 18.0 Å². The first kappa shape index (κ1) is 20.0. The van der Waals surface area contributed by atoms with Gasteiger partial charge in [0.1, 0.15) is 0 Å². The highest BCUT2D eigenvalue weighted by atomic mass is 35.5. The maximum absolute atomic E-state index is 12.9. The molecule has 2 heterocycles. The van der Waals surface area contributed by atoms with E-state index >= 15 is 0 Å². The molecule has 0 spiro atoms. The SMILES string of the molecule is O=C(Nc1cc(C(F)(F)F)ccc1Cl)N1CCC(c2nc3ccccc3s2)CC1. The predicted octanol–water partition coefficient (Wildman–Crippen LogP) is 6.38. The second-order valence-corrected chi connectivity index (χ2v) is 8.37. The van der Waals surface area contributed by atoms with Crippen LogP contribution in [0.3, 0.4) is 0 Å². The molecule has 0 unspecified atom stereocenters. The van der Waals surface area contributed by atoms with Crippen molar-refractivity contribution in [2.24, 2.45) is 0 Å². The Bertz CT molecular complexity index is 1010. The van der Waals surface area contributed by atoms with Crippen LogP contribution in [0, 0.1) is 0 Å². The number of hydrogen-bond donors (Lipinski definition) is 1. The minimum atomic E-state index is -4.50. The number of amides is 2. The van der Waals surface area contributed by atoms with Crippen LogP contribution in [-0.4, -0.2) is 29.0 Å². The van der Waals surface area contributed by atoms with Crippen LogP contribution < -0.4 is 5.32 Å². The number of thiazole rings is 1. The lowest BCUT2D eigenvalue weighted by Crippen LogP contribution is -2.40. The highest BCUT2D eigenvalue weighted by molar-refractivity contribution is 7.18. The Morgan fingerprint density at radius 2 is 1.90 bits per heavy atom. The third kappa shape index (κ3) is 4.33. The summed E-state index contributed by atoms with van der Waals surface area (Å²) in [4.78, 5) is 18.8. The molecule has 1 fully saturated rings. The molecule has 1 saturated heterocycles. The minimum Gasteiger partial charge on any atom is -0.324 e. The van der Waals surface area contributed by atoms with Crippen LogP contribution in [0.5, 0.6) is 0 Å². The smallest absolute Gasteiger partial charge is 0.324 e. The van der Waals surface area contributed by atoms with E-state index in [9.17, 15) is 18.0 Å². The van der Waals surface area contributed by atoms with Crippen molar-refractivity contribution in [2.75, 3.05) is 18.4 Å². The number of aromatic nitrogens is 1. The number of benzene rings is 2. The van der Waals surface area contributed by atoms with Crippen LogP contribution in [0.2, 0.25) is 5.02 Å². The molecule has 1 aromatic heterocycles. The van der Waals surface area contributed by atoms with Crippen molar-refractivity contribution in [1.82, 2.24) is 9.88 Å². The Morgan fingerprint density at radius 1 is 1.17 bits per heavy atom. The fourth-order valence-corrected chi connectivity index (χ4v) is 4.69. The zero-order valence-electron chi connectivity index (χ0n) is 15.2. The molecule has 9 heteroatoms. The topological polar surface area (TPSA) is 45.2 Å². The van der Waals surface area contributed by atoms with E-state index in [1.807, 2.05) is 24.3 Å². The summed E-state index contributed by atoms with van der Waals surface area (Å²) in [5, 5.41) is 3.64. The summed E-state index contributed by atoms with van der Waals surface area (Å²) in [5.74, 6) is 0.272. The Hall–Kier alpha value is -2.32. The lowest BCUT2D eigenvalue weighted by Gasteiger charge is -2.31. The largest absolute Gasteiger partial charge is 0.416 e. The van der Waals surface area contributed by atoms with Crippen molar-refractivity contribution >= 4 is 44.9 Å². The molecular weight excluding hydrogens is 423 g/mol. The summed E-state index contributed by atoms with van der Waals surface area (Å²) in [5.41, 5.74) is 0.0818. The molecule has 4 nitrogen and oxygen atoms in total. The first-order valence-electron chi connectivity index (χ1n) is 9.09. The van der Waals surface area contributed by atoms with Gasteiger partial charge >= 0.3 is 12.2 Å². The van der Waals surface area contributed by atoms with Gasteiger partial charge in [-0.2, -0.15) is 13.2 Å². The van der Waals surface area contributed by atoms with Gasteiger partial charge in [-0.05, 0) is 43.2 Å². The fourth-order valence-electron chi connectivity index (χ4n) is 3.39. The second kappa shape index (κ2) is 7.84. The van der Waals surface area contributed by atoms with Crippen LogP contribution >= 0.6 is 22.9 Å². The van der Waals surface area contributed by atoms with E-state index in [0.29, 0.717) is 13.1 Å². The number of likely N-dealkylation sites (tertiary alicyclic amines) is 1. The summed E-state index contributed by atoms with van der Waals surface area (Å²) < 4.78 is 39.8. The number of para-hydroxylation sites is 1. The van der Waals surface area contributed by atoms with E-state index in [0.717, 1.165) is 46.3 Å². The molecule has 0 radical (unpaired) electrons. The number of nitrogens with one attached hydrogen (secondary N) is 1.